The molecule has 1 atom stereocenters. The second-order valence-corrected chi connectivity index (χ2v) is 6.56. The third kappa shape index (κ3) is 3.57. The number of rotatable bonds is 4. The Morgan fingerprint density at radius 2 is 1.77 bits per heavy atom. The van der Waals surface area contributed by atoms with Gasteiger partial charge in [-0.25, -0.2) is 8.78 Å². The molecule has 1 aromatic heterocycles. The lowest BCUT2D eigenvalue weighted by molar-refractivity contribution is -0.138. The molecule has 0 bridgehead atoms. The molecule has 0 amide bonds. The normalized spacial score (nSPS) is 12.3. The highest BCUT2D eigenvalue weighted by molar-refractivity contribution is 6.42. The lowest BCUT2D eigenvalue weighted by Gasteiger charge is -2.16. The number of carboxylic acids is 1. The number of H-pyrrole nitrogens is 1. The second-order valence-electron chi connectivity index (χ2n) is 5.74. The van der Waals surface area contributed by atoms with Crippen molar-refractivity contribution in [3.63, 3.8) is 0 Å². The highest BCUT2D eigenvalue weighted by atomic mass is 35.5. The number of halogens is 4. The van der Waals surface area contributed by atoms with Gasteiger partial charge in [0.2, 0.25) is 5.56 Å². The number of aromatic nitrogens is 1. The van der Waals surface area contributed by atoms with E-state index >= 15 is 0 Å². The van der Waals surface area contributed by atoms with Gasteiger partial charge in [0.05, 0.1) is 21.5 Å². The lowest BCUT2D eigenvalue weighted by atomic mass is 9.90. The van der Waals surface area contributed by atoms with Crippen molar-refractivity contribution in [3.8, 4) is 0 Å². The summed E-state index contributed by atoms with van der Waals surface area (Å²) in [5.41, 5.74) is 0.0646. The van der Waals surface area contributed by atoms with Crippen LogP contribution in [0.5, 0.6) is 0 Å². The van der Waals surface area contributed by atoms with Gasteiger partial charge in [-0.05, 0) is 35.7 Å². The van der Waals surface area contributed by atoms with Crippen LogP contribution in [0.2, 0.25) is 10.0 Å². The maximum absolute atomic E-state index is 13.7. The summed E-state index contributed by atoms with van der Waals surface area (Å²) in [5.74, 6) is -4.65. The monoisotopic (exact) mass is 397 g/mol. The van der Waals surface area contributed by atoms with Crippen LogP contribution in [0.1, 0.15) is 17.0 Å². The minimum absolute atomic E-state index is 0.0101. The lowest BCUT2D eigenvalue weighted by Crippen LogP contribution is -2.18. The van der Waals surface area contributed by atoms with Gasteiger partial charge in [0, 0.05) is 17.5 Å². The summed E-state index contributed by atoms with van der Waals surface area (Å²) >= 11 is 11.8. The van der Waals surface area contributed by atoms with Gasteiger partial charge < -0.3 is 10.1 Å². The smallest absolute Gasteiger partial charge is 0.311 e. The number of carboxylic acid groups (broad SMARTS) is 1. The van der Waals surface area contributed by atoms with Crippen LogP contribution in [0, 0.1) is 11.6 Å². The Morgan fingerprint density at radius 1 is 1.08 bits per heavy atom. The molecule has 26 heavy (non-hydrogen) atoms. The number of fused-ring (bicyclic) bond motifs is 1. The Balaban J connectivity index is 2.16. The second kappa shape index (κ2) is 7.05. The summed E-state index contributed by atoms with van der Waals surface area (Å²) in [5, 5.41) is 10.4. The average Bonchev–Trinajstić information content (AvgIpc) is 2.56. The van der Waals surface area contributed by atoms with Crippen LogP contribution < -0.4 is 5.56 Å². The van der Waals surface area contributed by atoms with Crippen molar-refractivity contribution in [1.29, 1.82) is 0 Å². The average molecular weight is 398 g/mol. The largest absolute Gasteiger partial charge is 0.481 e. The summed E-state index contributed by atoms with van der Waals surface area (Å²) in [6.45, 7) is 0. The number of pyridine rings is 1. The quantitative estimate of drug-likeness (QED) is 0.679. The minimum atomic E-state index is -1.22. The Hall–Kier alpha value is -2.44. The molecule has 0 aliphatic rings. The van der Waals surface area contributed by atoms with E-state index < -0.39 is 29.1 Å². The van der Waals surface area contributed by atoms with E-state index in [0.29, 0.717) is 10.6 Å². The molecule has 4 nitrogen and oxygen atoms in total. The molecule has 0 aliphatic heterocycles. The summed E-state index contributed by atoms with van der Waals surface area (Å²) in [6, 6.07) is 7.45. The first-order valence-electron chi connectivity index (χ1n) is 7.45. The van der Waals surface area contributed by atoms with E-state index in [9.17, 15) is 23.5 Å². The van der Waals surface area contributed by atoms with Crippen molar-refractivity contribution >= 4 is 40.1 Å². The van der Waals surface area contributed by atoms with Crippen molar-refractivity contribution in [3.05, 3.63) is 79.6 Å². The summed E-state index contributed by atoms with van der Waals surface area (Å²) in [7, 11) is 0. The van der Waals surface area contributed by atoms with E-state index in [4.69, 9.17) is 23.2 Å². The standard InChI is InChI=1S/C18H11Cl2F2NO3/c19-12-2-1-8(4-13(12)20)3-11(18(25)26)9-6-17(24)23-16-7-15(22)14(21)5-10(9)16/h1-2,4-7,11H,3H2,(H,23,24)(H,25,26). The fourth-order valence-electron chi connectivity index (χ4n) is 2.80. The van der Waals surface area contributed by atoms with Crippen LogP contribution in [0.15, 0.2) is 41.2 Å². The number of benzene rings is 2. The minimum Gasteiger partial charge on any atom is -0.481 e. The Bertz CT molecular complexity index is 1080. The summed E-state index contributed by atoms with van der Waals surface area (Å²) < 4.78 is 27.1. The molecule has 3 rings (SSSR count). The highest BCUT2D eigenvalue weighted by Crippen LogP contribution is 2.30. The van der Waals surface area contributed by atoms with Crippen LogP contribution in [0.4, 0.5) is 8.78 Å². The fourth-order valence-corrected chi connectivity index (χ4v) is 3.12. The predicted molar refractivity (Wildman–Crippen MR) is 95.0 cm³/mol. The van der Waals surface area contributed by atoms with Crippen LogP contribution in [-0.2, 0) is 11.2 Å². The van der Waals surface area contributed by atoms with E-state index in [-0.39, 0.29) is 27.9 Å². The Labute approximate surface area is 156 Å². The third-order valence-corrected chi connectivity index (χ3v) is 4.75. The van der Waals surface area contributed by atoms with Gasteiger partial charge in [0.15, 0.2) is 11.6 Å². The first kappa shape index (κ1) is 18.4. The third-order valence-electron chi connectivity index (χ3n) is 4.01. The molecule has 0 radical (unpaired) electrons. The Morgan fingerprint density at radius 3 is 2.42 bits per heavy atom. The van der Waals surface area contributed by atoms with Crippen molar-refractivity contribution in [1.82, 2.24) is 4.98 Å². The first-order valence-corrected chi connectivity index (χ1v) is 8.20. The van der Waals surface area contributed by atoms with Gasteiger partial charge in [-0.1, -0.05) is 29.3 Å². The van der Waals surface area contributed by atoms with Crippen LogP contribution in [0.3, 0.4) is 0 Å². The van der Waals surface area contributed by atoms with E-state index in [1.807, 2.05) is 0 Å². The van der Waals surface area contributed by atoms with Gasteiger partial charge in [-0.2, -0.15) is 0 Å². The molecule has 0 saturated carbocycles. The van der Waals surface area contributed by atoms with Gasteiger partial charge >= 0.3 is 5.97 Å². The van der Waals surface area contributed by atoms with E-state index in [1.54, 1.807) is 6.07 Å². The zero-order chi connectivity index (χ0) is 19.0. The summed E-state index contributed by atoms with van der Waals surface area (Å²) in [6.07, 6.45) is -0.0101. The van der Waals surface area contributed by atoms with Crippen LogP contribution >= 0.6 is 23.2 Å². The predicted octanol–water partition coefficient (Wildman–Crippen LogP) is 4.52. The molecule has 8 heteroatoms. The molecule has 3 aromatic rings. The topological polar surface area (TPSA) is 70.2 Å². The number of aliphatic carboxylic acids is 1. The Kier molecular flexibility index (Phi) is 4.98. The molecular weight excluding hydrogens is 387 g/mol. The SMILES string of the molecule is O=C(O)C(Cc1ccc(Cl)c(Cl)c1)c1cc(=O)[nH]c2cc(F)c(F)cc12. The molecule has 134 valence electrons. The number of aromatic amines is 1. The molecule has 0 saturated heterocycles. The molecule has 0 aliphatic carbocycles. The number of carbonyl (C=O) groups is 1. The maximum atomic E-state index is 13.7. The van der Waals surface area contributed by atoms with Crippen molar-refractivity contribution in [2.45, 2.75) is 12.3 Å². The molecule has 1 unspecified atom stereocenters. The van der Waals surface area contributed by atoms with Gasteiger partial charge in [0.1, 0.15) is 0 Å². The zero-order valence-corrected chi connectivity index (χ0v) is 14.5. The van der Waals surface area contributed by atoms with Gasteiger partial charge in [-0.3, -0.25) is 9.59 Å². The zero-order valence-electron chi connectivity index (χ0n) is 13.0. The van der Waals surface area contributed by atoms with E-state index in [2.05, 4.69) is 4.98 Å². The van der Waals surface area contributed by atoms with Crippen molar-refractivity contribution in [2.75, 3.05) is 0 Å². The molecule has 2 N–H and O–H groups in total. The highest BCUT2D eigenvalue weighted by Gasteiger charge is 2.24. The van der Waals surface area contributed by atoms with Crippen molar-refractivity contribution < 1.29 is 18.7 Å². The summed E-state index contributed by atoms with van der Waals surface area (Å²) in [4.78, 5) is 26.1. The van der Waals surface area contributed by atoms with Crippen LogP contribution in [-0.4, -0.2) is 16.1 Å². The first-order chi connectivity index (χ1) is 12.3. The molecule has 1 heterocycles. The molecule has 2 aromatic carbocycles. The van der Waals surface area contributed by atoms with Crippen LogP contribution in [0.25, 0.3) is 10.9 Å². The van der Waals surface area contributed by atoms with E-state index in [1.165, 1.54) is 12.1 Å². The number of hydrogen-bond donors (Lipinski definition) is 2. The molecular formula is C18H11Cl2F2NO3. The number of hydrogen-bond acceptors (Lipinski definition) is 2. The molecule has 0 spiro atoms. The van der Waals surface area contributed by atoms with Gasteiger partial charge in [-0.15, -0.1) is 0 Å². The van der Waals surface area contributed by atoms with E-state index in [0.717, 1.165) is 18.2 Å². The molecule has 0 fully saturated rings. The fraction of sp³-hybridized carbons (Fsp3) is 0.111. The van der Waals surface area contributed by atoms with Gasteiger partial charge in [0.25, 0.3) is 0 Å². The number of nitrogens with one attached hydrogen (secondary N) is 1. The van der Waals surface area contributed by atoms with Crippen molar-refractivity contribution in [2.24, 2.45) is 0 Å². The maximum Gasteiger partial charge on any atom is 0.311 e.